The maximum absolute atomic E-state index is 13.9. The molecule has 0 unspecified atom stereocenters. The van der Waals surface area contributed by atoms with Crippen LogP contribution < -0.4 is 10.2 Å². The number of anilines is 1. The average molecular weight is 453 g/mol. The molecule has 1 saturated heterocycles. The number of carbonyl (C=O) groups is 1. The molecule has 1 N–H and O–H groups in total. The highest BCUT2D eigenvalue weighted by Crippen LogP contribution is 2.31. The van der Waals surface area contributed by atoms with Gasteiger partial charge in [0.1, 0.15) is 11.3 Å². The lowest BCUT2D eigenvalue weighted by atomic mass is 10.1. The number of amides is 1. The first-order chi connectivity index (χ1) is 15.6. The van der Waals surface area contributed by atoms with Crippen molar-refractivity contribution in [1.29, 1.82) is 0 Å². The first-order valence-electron chi connectivity index (χ1n) is 10.6. The van der Waals surface area contributed by atoms with Crippen LogP contribution in [0.5, 0.6) is 0 Å². The van der Waals surface area contributed by atoms with Crippen molar-refractivity contribution in [2.45, 2.75) is 0 Å². The molecule has 0 saturated carbocycles. The monoisotopic (exact) mass is 452 g/mol. The van der Waals surface area contributed by atoms with Crippen molar-refractivity contribution < 1.29 is 13.6 Å². The quantitative estimate of drug-likeness (QED) is 0.491. The number of hydrogen-bond acceptors (Lipinski definition) is 5. The van der Waals surface area contributed by atoms with E-state index in [1.165, 1.54) is 17.4 Å². The molecule has 3 aromatic carbocycles. The van der Waals surface area contributed by atoms with Crippen LogP contribution >= 0.6 is 11.3 Å². The van der Waals surface area contributed by atoms with E-state index in [1.807, 2.05) is 42.5 Å². The molecule has 0 aliphatic carbocycles. The number of benzene rings is 3. The van der Waals surface area contributed by atoms with E-state index >= 15 is 0 Å². The molecule has 1 amide bonds. The molecule has 5 nitrogen and oxygen atoms in total. The van der Waals surface area contributed by atoms with Gasteiger partial charge in [-0.3, -0.25) is 9.69 Å². The van der Waals surface area contributed by atoms with Gasteiger partial charge in [-0.2, -0.15) is 0 Å². The van der Waals surface area contributed by atoms with Crippen LogP contribution in [-0.4, -0.2) is 55.1 Å². The minimum atomic E-state index is -0.622. The molecule has 1 aliphatic rings. The van der Waals surface area contributed by atoms with E-state index in [-0.39, 0.29) is 11.4 Å². The molecule has 164 valence electrons. The van der Waals surface area contributed by atoms with Crippen molar-refractivity contribution in [1.82, 2.24) is 15.2 Å². The Morgan fingerprint density at radius 1 is 1.00 bits per heavy atom. The molecule has 5 rings (SSSR count). The van der Waals surface area contributed by atoms with Gasteiger partial charge in [0.15, 0.2) is 10.9 Å². The van der Waals surface area contributed by atoms with Crippen molar-refractivity contribution in [2.75, 3.05) is 44.2 Å². The number of nitrogens with one attached hydrogen (secondary N) is 1. The van der Waals surface area contributed by atoms with Crippen LogP contribution in [0.4, 0.5) is 13.9 Å². The number of rotatable bonds is 5. The molecule has 1 fully saturated rings. The molecule has 0 spiro atoms. The Kier molecular flexibility index (Phi) is 5.71. The van der Waals surface area contributed by atoms with Crippen molar-refractivity contribution in [3.05, 3.63) is 71.8 Å². The summed E-state index contributed by atoms with van der Waals surface area (Å²) in [6, 6.07) is 15.9. The summed E-state index contributed by atoms with van der Waals surface area (Å²) in [6.07, 6.45) is 0. The molecule has 0 radical (unpaired) electrons. The zero-order valence-corrected chi connectivity index (χ0v) is 18.2. The Morgan fingerprint density at radius 2 is 1.78 bits per heavy atom. The Balaban J connectivity index is 1.13. The first kappa shape index (κ1) is 20.8. The Bertz CT molecular complexity index is 1280. The highest BCUT2D eigenvalue weighted by Gasteiger charge is 2.21. The summed E-state index contributed by atoms with van der Waals surface area (Å²) in [6.45, 7) is 4.46. The summed E-state index contributed by atoms with van der Waals surface area (Å²) in [5, 5.41) is 5.88. The number of piperazine rings is 1. The molecule has 0 bridgehead atoms. The fraction of sp³-hybridized carbons (Fsp3) is 0.250. The van der Waals surface area contributed by atoms with Crippen LogP contribution in [0.15, 0.2) is 54.6 Å². The first-order valence-corrected chi connectivity index (χ1v) is 11.4. The second kappa shape index (κ2) is 8.80. The zero-order valence-electron chi connectivity index (χ0n) is 17.4. The smallest absolute Gasteiger partial charge is 0.251 e. The lowest BCUT2D eigenvalue weighted by Gasteiger charge is -2.34. The average Bonchev–Trinajstić information content (AvgIpc) is 3.23. The molecule has 4 aromatic rings. The molecular weight excluding hydrogens is 430 g/mol. The third-order valence-corrected chi connectivity index (χ3v) is 6.83. The van der Waals surface area contributed by atoms with Crippen LogP contribution in [0.3, 0.4) is 0 Å². The van der Waals surface area contributed by atoms with Crippen LogP contribution in [0.2, 0.25) is 0 Å². The third-order valence-electron chi connectivity index (χ3n) is 5.77. The molecule has 2 heterocycles. The van der Waals surface area contributed by atoms with Crippen LogP contribution in [-0.2, 0) is 0 Å². The standard InChI is InChI=1S/C24H22F2N4OS/c25-19-14-20(26)22-21(15-19)32-24(28-22)30-11-9-29(10-12-30)8-7-27-23(31)18-6-5-16-3-1-2-4-17(16)13-18/h1-6,13-15H,7-12H2,(H,27,31). The Morgan fingerprint density at radius 3 is 2.59 bits per heavy atom. The van der Waals surface area contributed by atoms with Crippen LogP contribution in [0, 0.1) is 11.6 Å². The van der Waals surface area contributed by atoms with Gasteiger partial charge in [0.2, 0.25) is 0 Å². The summed E-state index contributed by atoms with van der Waals surface area (Å²) < 4.78 is 27.9. The van der Waals surface area contributed by atoms with Crippen LogP contribution in [0.1, 0.15) is 10.4 Å². The minimum absolute atomic E-state index is 0.0712. The number of halogens is 2. The van der Waals surface area contributed by atoms with Gasteiger partial charge in [0.25, 0.3) is 5.91 Å². The highest BCUT2D eigenvalue weighted by atomic mass is 32.1. The van der Waals surface area contributed by atoms with Gasteiger partial charge in [-0.25, -0.2) is 13.8 Å². The van der Waals surface area contributed by atoms with Gasteiger partial charge >= 0.3 is 0 Å². The number of nitrogens with zero attached hydrogens (tertiary/aromatic N) is 3. The van der Waals surface area contributed by atoms with Gasteiger partial charge in [0.05, 0.1) is 4.70 Å². The van der Waals surface area contributed by atoms with E-state index in [0.29, 0.717) is 21.9 Å². The lowest BCUT2D eigenvalue weighted by Crippen LogP contribution is -2.48. The maximum Gasteiger partial charge on any atom is 0.251 e. The topological polar surface area (TPSA) is 48.5 Å². The van der Waals surface area contributed by atoms with Gasteiger partial charge < -0.3 is 10.2 Å². The van der Waals surface area contributed by atoms with E-state index in [1.54, 1.807) is 0 Å². The summed E-state index contributed by atoms with van der Waals surface area (Å²) >= 11 is 1.31. The van der Waals surface area contributed by atoms with Crippen molar-refractivity contribution >= 4 is 43.4 Å². The van der Waals surface area contributed by atoms with Gasteiger partial charge in [0, 0.05) is 50.9 Å². The van der Waals surface area contributed by atoms with Gasteiger partial charge in [-0.15, -0.1) is 0 Å². The van der Waals surface area contributed by atoms with Gasteiger partial charge in [-0.1, -0.05) is 41.7 Å². The van der Waals surface area contributed by atoms with Crippen molar-refractivity contribution in [3.8, 4) is 0 Å². The zero-order chi connectivity index (χ0) is 22.1. The Hall–Kier alpha value is -3.10. The summed E-state index contributed by atoms with van der Waals surface area (Å²) in [5.41, 5.74) is 0.887. The maximum atomic E-state index is 13.9. The van der Waals surface area contributed by atoms with E-state index in [4.69, 9.17) is 0 Å². The predicted molar refractivity (Wildman–Crippen MR) is 124 cm³/mol. The second-order valence-corrected chi connectivity index (χ2v) is 8.89. The normalized spacial score (nSPS) is 14.9. The highest BCUT2D eigenvalue weighted by molar-refractivity contribution is 7.22. The fourth-order valence-corrected chi connectivity index (χ4v) is 5.06. The van der Waals surface area contributed by atoms with Gasteiger partial charge in [-0.05, 0) is 29.0 Å². The van der Waals surface area contributed by atoms with E-state index < -0.39 is 11.6 Å². The number of aromatic nitrogens is 1. The summed E-state index contributed by atoms with van der Waals surface area (Å²) in [7, 11) is 0. The molecule has 1 aliphatic heterocycles. The number of thiazole rings is 1. The number of hydrogen-bond donors (Lipinski definition) is 1. The Labute approximate surface area is 188 Å². The van der Waals surface area contributed by atoms with E-state index in [0.717, 1.165) is 49.6 Å². The number of fused-ring (bicyclic) bond motifs is 2. The molecule has 8 heteroatoms. The fourth-order valence-electron chi connectivity index (χ4n) is 4.00. The van der Waals surface area contributed by atoms with E-state index in [9.17, 15) is 13.6 Å². The predicted octanol–water partition coefficient (Wildman–Crippen LogP) is 4.28. The SMILES string of the molecule is O=C(NCCN1CCN(c2nc3c(F)cc(F)cc3s2)CC1)c1ccc2ccccc2c1. The van der Waals surface area contributed by atoms with Crippen LogP contribution in [0.25, 0.3) is 21.0 Å². The molecule has 32 heavy (non-hydrogen) atoms. The molecule has 0 atom stereocenters. The van der Waals surface area contributed by atoms with Crippen molar-refractivity contribution in [3.63, 3.8) is 0 Å². The largest absolute Gasteiger partial charge is 0.351 e. The lowest BCUT2D eigenvalue weighted by molar-refractivity contribution is 0.0948. The molecule has 1 aromatic heterocycles. The second-order valence-electron chi connectivity index (χ2n) is 7.88. The molecular formula is C24H22F2N4OS. The van der Waals surface area contributed by atoms with E-state index in [2.05, 4.69) is 20.1 Å². The third kappa shape index (κ3) is 4.28. The summed E-state index contributed by atoms with van der Waals surface area (Å²) in [5.74, 6) is -1.28. The number of carbonyl (C=O) groups excluding carboxylic acids is 1. The minimum Gasteiger partial charge on any atom is -0.351 e. The van der Waals surface area contributed by atoms with Crippen molar-refractivity contribution in [2.24, 2.45) is 0 Å². The summed E-state index contributed by atoms with van der Waals surface area (Å²) in [4.78, 5) is 21.3.